The van der Waals surface area contributed by atoms with Crippen LogP contribution >= 0.6 is 0 Å². The van der Waals surface area contributed by atoms with E-state index in [0.29, 0.717) is 6.42 Å². The van der Waals surface area contributed by atoms with Crippen molar-refractivity contribution in [3.8, 4) is 0 Å². The lowest BCUT2D eigenvalue weighted by molar-refractivity contribution is -0.514. The van der Waals surface area contributed by atoms with E-state index < -0.39 is 5.60 Å². The van der Waals surface area contributed by atoms with E-state index in [-0.39, 0.29) is 5.97 Å². The van der Waals surface area contributed by atoms with Gasteiger partial charge >= 0.3 is 5.97 Å². The summed E-state index contributed by atoms with van der Waals surface area (Å²) in [5.41, 5.74) is -0.470. The maximum Gasteiger partial charge on any atom is 0.345 e. The summed E-state index contributed by atoms with van der Waals surface area (Å²) in [4.78, 5) is 20.3. The largest absolute Gasteiger partial charge is 0.345 e. The number of hydrogen-bond acceptors (Lipinski definition) is 4. The standard InChI is InChI=1S/C11H22O4/c1-5-6-7-8-9-10(12)13-15-14-11(2,3)4/h5-9H2,1-4H3. The summed E-state index contributed by atoms with van der Waals surface area (Å²) in [7, 11) is 0. The molecular weight excluding hydrogens is 196 g/mol. The highest BCUT2D eigenvalue weighted by Crippen LogP contribution is 2.08. The first kappa shape index (κ1) is 14.4. The van der Waals surface area contributed by atoms with Gasteiger partial charge in [-0.1, -0.05) is 26.2 Å². The molecule has 0 rings (SSSR count). The molecular formula is C11H22O4. The van der Waals surface area contributed by atoms with Crippen molar-refractivity contribution >= 4 is 5.97 Å². The summed E-state index contributed by atoms with van der Waals surface area (Å²) in [6.45, 7) is 7.55. The van der Waals surface area contributed by atoms with Crippen molar-refractivity contribution in [3.63, 3.8) is 0 Å². The number of hydrogen-bond donors (Lipinski definition) is 0. The molecule has 90 valence electrons. The third-order valence-electron chi connectivity index (χ3n) is 1.65. The van der Waals surface area contributed by atoms with Crippen LogP contribution in [0.3, 0.4) is 0 Å². The minimum Gasteiger partial charge on any atom is -0.269 e. The molecule has 0 saturated carbocycles. The minimum atomic E-state index is -0.470. The van der Waals surface area contributed by atoms with Crippen LogP contribution in [-0.2, 0) is 19.6 Å². The van der Waals surface area contributed by atoms with Crippen LogP contribution in [0.25, 0.3) is 0 Å². The van der Waals surface area contributed by atoms with E-state index in [4.69, 9.17) is 4.89 Å². The lowest BCUT2D eigenvalue weighted by Crippen LogP contribution is -2.20. The Morgan fingerprint density at radius 2 is 1.80 bits per heavy atom. The Morgan fingerprint density at radius 3 is 2.33 bits per heavy atom. The highest BCUT2D eigenvalue weighted by molar-refractivity contribution is 5.68. The zero-order valence-electron chi connectivity index (χ0n) is 10.2. The molecule has 4 nitrogen and oxygen atoms in total. The fourth-order valence-electron chi connectivity index (χ4n) is 0.895. The predicted molar refractivity (Wildman–Crippen MR) is 56.8 cm³/mol. The van der Waals surface area contributed by atoms with Crippen LogP contribution in [0.5, 0.6) is 0 Å². The van der Waals surface area contributed by atoms with Gasteiger partial charge in [-0.2, -0.15) is 4.89 Å². The van der Waals surface area contributed by atoms with Gasteiger partial charge in [0.1, 0.15) is 0 Å². The predicted octanol–water partition coefficient (Wildman–Crippen LogP) is 3.16. The van der Waals surface area contributed by atoms with Crippen LogP contribution in [0.15, 0.2) is 0 Å². The zero-order valence-corrected chi connectivity index (χ0v) is 10.2. The van der Waals surface area contributed by atoms with Gasteiger partial charge in [0.25, 0.3) is 0 Å². The Labute approximate surface area is 91.7 Å². The first-order valence-electron chi connectivity index (χ1n) is 5.51. The summed E-state index contributed by atoms with van der Waals surface area (Å²) in [5, 5.41) is 4.37. The molecule has 0 bridgehead atoms. The zero-order chi connectivity index (χ0) is 11.7. The second-order valence-corrected chi connectivity index (χ2v) is 4.53. The van der Waals surface area contributed by atoms with E-state index >= 15 is 0 Å². The molecule has 0 amide bonds. The Morgan fingerprint density at radius 1 is 1.13 bits per heavy atom. The fraction of sp³-hybridized carbons (Fsp3) is 0.909. The summed E-state index contributed by atoms with van der Waals surface area (Å²) >= 11 is 0. The van der Waals surface area contributed by atoms with Crippen molar-refractivity contribution in [2.45, 2.75) is 65.4 Å². The number of rotatable bonds is 7. The average Bonchev–Trinajstić information content (AvgIpc) is 2.10. The summed E-state index contributed by atoms with van der Waals surface area (Å²) in [5.74, 6) is -0.379. The molecule has 0 aliphatic carbocycles. The third-order valence-corrected chi connectivity index (χ3v) is 1.65. The molecule has 0 saturated heterocycles. The van der Waals surface area contributed by atoms with Crippen LogP contribution in [-0.4, -0.2) is 11.6 Å². The van der Waals surface area contributed by atoms with Crippen molar-refractivity contribution in [2.24, 2.45) is 0 Å². The highest BCUT2D eigenvalue weighted by Gasteiger charge is 2.13. The van der Waals surface area contributed by atoms with E-state index in [9.17, 15) is 4.79 Å². The Bertz CT molecular complexity index is 172. The van der Waals surface area contributed by atoms with Gasteiger partial charge in [0.05, 0.1) is 5.60 Å². The Balaban J connectivity index is 3.34. The van der Waals surface area contributed by atoms with Gasteiger partial charge in [-0.25, -0.2) is 4.79 Å². The first-order chi connectivity index (χ1) is 6.95. The van der Waals surface area contributed by atoms with E-state index in [1.807, 2.05) is 20.8 Å². The van der Waals surface area contributed by atoms with Crippen LogP contribution in [0.4, 0.5) is 0 Å². The molecule has 0 unspecified atom stereocenters. The van der Waals surface area contributed by atoms with Crippen molar-refractivity contribution in [1.29, 1.82) is 0 Å². The van der Waals surface area contributed by atoms with Gasteiger partial charge in [-0.15, -0.1) is 0 Å². The molecule has 0 aliphatic rings. The third kappa shape index (κ3) is 11.3. The average molecular weight is 218 g/mol. The quantitative estimate of drug-likeness (QED) is 0.374. The Hall–Kier alpha value is -0.610. The van der Waals surface area contributed by atoms with Crippen molar-refractivity contribution in [2.75, 3.05) is 0 Å². The van der Waals surface area contributed by atoms with Crippen LogP contribution in [0.1, 0.15) is 59.8 Å². The van der Waals surface area contributed by atoms with Crippen LogP contribution in [0.2, 0.25) is 0 Å². The minimum absolute atomic E-state index is 0.379. The monoisotopic (exact) mass is 218 g/mol. The van der Waals surface area contributed by atoms with Crippen molar-refractivity contribution < 1.29 is 19.6 Å². The second-order valence-electron chi connectivity index (χ2n) is 4.53. The van der Waals surface area contributed by atoms with Gasteiger partial charge in [0, 0.05) is 6.42 Å². The number of unbranched alkanes of at least 4 members (excludes halogenated alkanes) is 3. The van der Waals surface area contributed by atoms with Gasteiger partial charge in [-0.3, -0.25) is 4.89 Å². The molecule has 4 heteroatoms. The molecule has 0 radical (unpaired) electrons. The van der Waals surface area contributed by atoms with Crippen molar-refractivity contribution in [3.05, 3.63) is 0 Å². The van der Waals surface area contributed by atoms with E-state index in [2.05, 4.69) is 16.8 Å². The second kappa shape index (κ2) is 7.65. The summed E-state index contributed by atoms with van der Waals surface area (Å²) < 4.78 is 0. The Kier molecular flexibility index (Phi) is 7.34. The molecule has 0 aromatic rings. The van der Waals surface area contributed by atoms with Gasteiger partial charge < -0.3 is 0 Å². The molecule has 0 aromatic carbocycles. The molecule has 0 N–H and O–H groups in total. The van der Waals surface area contributed by atoms with Gasteiger partial charge in [-0.05, 0) is 32.2 Å². The van der Waals surface area contributed by atoms with E-state index in [1.54, 1.807) is 0 Å². The molecule has 0 aliphatic heterocycles. The van der Waals surface area contributed by atoms with Gasteiger partial charge in [0.2, 0.25) is 0 Å². The highest BCUT2D eigenvalue weighted by atomic mass is 17.5. The molecule has 0 spiro atoms. The summed E-state index contributed by atoms with van der Waals surface area (Å²) in [6, 6.07) is 0. The van der Waals surface area contributed by atoms with Gasteiger partial charge in [0.15, 0.2) is 0 Å². The molecule has 15 heavy (non-hydrogen) atoms. The lowest BCUT2D eigenvalue weighted by Gasteiger charge is -2.15. The lowest BCUT2D eigenvalue weighted by atomic mass is 10.2. The maximum atomic E-state index is 11.1. The molecule has 0 aromatic heterocycles. The SMILES string of the molecule is CCCCCCC(=O)OOOC(C)(C)C. The maximum absolute atomic E-state index is 11.1. The van der Waals surface area contributed by atoms with Crippen molar-refractivity contribution in [1.82, 2.24) is 0 Å². The first-order valence-corrected chi connectivity index (χ1v) is 5.51. The molecule has 0 atom stereocenters. The normalized spacial score (nSPS) is 11.5. The number of carbonyl (C=O) groups excluding carboxylic acids is 1. The van der Waals surface area contributed by atoms with E-state index in [0.717, 1.165) is 25.7 Å². The number of carbonyl (C=O) groups is 1. The van der Waals surface area contributed by atoms with Crippen LogP contribution < -0.4 is 0 Å². The molecule has 0 heterocycles. The van der Waals surface area contributed by atoms with Crippen LogP contribution in [0, 0.1) is 0 Å². The van der Waals surface area contributed by atoms with E-state index in [1.165, 1.54) is 0 Å². The smallest absolute Gasteiger partial charge is 0.269 e. The fourth-order valence-corrected chi connectivity index (χ4v) is 0.895. The topological polar surface area (TPSA) is 44.8 Å². The molecule has 0 fully saturated rings. The summed E-state index contributed by atoms with van der Waals surface area (Å²) in [6.07, 6.45) is 4.57.